The summed E-state index contributed by atoms with van der Waals surface area (Å²) in [6.45, 7) is 0. The van der Waals surface area contributed by atoms with E-state index in [9.17, 15) is 0 Å². The normalized spacial score (nSPS) is 11.7. The second-order valence-corrected chi connectivity index (χ2v) is 15.4. The fourth-order valence-corrected chi connectivity index (χ4v) is 8.97. The van der Waals surface area contributed by atoms with Crippen LogP contribution in [-0.2, 0) is 0 Å². The maximum absolute atomic E-state index is 5.09. The third-order valence-electron chi connectivity index (χ3n) is 11.9. The molecule has 280 valence electrons. The van der Waals surface area contributed by atoms with Crippen molar-refractivity contribution in [2.75, 3.05) is 0 Å². The van der Waals surface area contributed by atoms with Crippen molar-refractivity contribution in [2.24, 2.45) is 0 Å². The van der Waals surface area contributed by atoms with Gasteiger partial charge in [0.1, 0.15) is 11.6 Å². The summed E-state index contributed by atoms with van der Waals surface area (Å²) in [7, 11) is 0. The van der Waals surface area contributed by atoms with Crippen molar-refractivity contribution in [3.05, 3.63) is 218 Å². The Morgan fingerprint density at radius 3 is 1.08 bits per heavy atom. The predicted octanol–water partition coefficient (Wildman–Crippen LogP) is 14.5. The molecule has 0 aliphatic carbocycles. The van der Waals surface area contributed by atoms with Gasteiger partial charge in [-0.15, -0.1) is 0 Å². The molecule has 0 saturated heterocycles. The standard InChI is InChI=1S/C56H36N4/c1-3-11-46(12-4-1)59-52-17-9-7-15-50(52)57-55(59)42-29-19-37(20-30-42)44-33-25-39-23-27-41-28-24-40-26-34-45(36-49(40)54(41)48(39)35-44)38-21-31-43(32-22-38)56-58-51-16-8-10-18-53(51)60(56)47-13-5-2-6-14-47/h1-36H. The van der Waals surface area contributed by atoms with Gasteiger partial charge in [-0.05, 0) is 115 Å². The highest BCUT2D eigenvalue weighted by molar-refractivity contribution is 6.21. The molecule has 2 aromatic heterocycles. The van der Waals surface area contributed by atoms with Gasteiger partial charge in [0, 0.05) is 22.5 Å². The minimum Gasteiger partial charge on any atom is -0.292 e. The third-order valence-corrected chi connectivity index (χ3v) is 11.9. The Morgan fingerprint density at radius 1 is 0.283 bits per heavy atom. The summed E-state index contributed by atoms with van der Waals surface area (Å²) in [6.07, 6.45) is 0. The van der Waals surface area contributed by atoms with Crippen molar-refractivity contribution in [2.45, 2.75) is 0 Å². The van der Waals surface area contributed by atoms with E-state index in [0.29, 0.717) is 0 Å². The molecule has 60 heavy (non-hydrogen) atoms. The minimum atomic E-state index is 0.933. The lowest BCUT2D eigenvalue weighted by molar-refractivity contribution is 1.10. The molecule has 0 saturated carbocycles. The molecular weight excluding hydrogens is 729 g/mol. The van der Waals surface area contributed by atoms with Crippen LogP contribution in [0.1, 0.15) is 0 Å². The Bertz CT molecular complexity index is 3330. The van der Waals surface area contributed by atoms with Gasteiger partial charge >= 0.3 is 0 Å². The smallest absolute Gasteiger partial charge is 0.145 e. The summed E-state index contributed by atoms with van der Waals surface area (Å²) in [6, 6.07) is 78.1. The van der Waals surface area contributed by atoms with E-state index in [1.165, 1.54) is 54.6 Å². The van der Waals surface area contributed by atoms with Gasteiger partial charge in [-0.1, -0.05) is 158 Å². The van der Waals surface area contributed by atoms with E-state index >= 15 is 0 Å². The summed E-state index contributed by atoms with van der Waals surface area (Å²) in [5, 5.41) is 7.45. The second-order valence-electron chi connectivity index (χ2n) is 15.4. The zero-order valence-electron chi connectivity index (χ0n) is 32.6. The number of benzene rings is 10. The SMILES string of the molecule is c1ccc(-n2c(-c3ccc(-c4ccc5ccc6ccc7ccc(-c8ccc(-c9nc%10ccccc%10n9-c9ccccc9)cc8)cc7c6c5c4)cc3)nc3ccccc32)cc1. The van der Waals surface area contributed by atoms with Crippen LogP contribution in [0, 0.1) is 0 Å². The minimum absolute atomic E-state index is 0.933. The van der Waals surface area contributed by atoms with Crippen molar-refractivity contribution in [3.63, 3.8) is 0 Å². The lowest BCUT2D eigenvalue weighted by Gasteiger charge is -2.13. The van der Waals surface area contributed by atoms with Gasteiger partial charge in [-0.3, -0.25) is 9.13 Å². The van der Waals surface area contributed by atoms with Crippen molar-refractivity contribution < 1.29 is 0 Å². The molecule has 0 radical (unpaired) electrons. The number of rotatable bonds is 6. The number of nitrogens with zero attached hydrogens (tertiary/aromatic N) is 4. The van der Waals surface area contributed by atoms with Crippen LogP contribution in [0.3, 0.4) is 0 Å². The van der Waals surface area contributed by atoms with Gasteiger partial charge in [0.2, 0.25) is 0 Å². The number of fused-ring (bicyclic) bond motifs is 7. The summed E-state index contributed by atoms with van der Waals surface area (Å²) >= 11 is 0. The first-order chi connectivity index (χ1) is 29.7. The van der Waals surface area contributed by atoms with Gasteiger partial charge in [0.15, 0.2) is 0 Å². The van der Waals surface area contributed by atoms with E-state index in [-0.39, 0.29) is 0 Å². The largest absolute Gasteiger partial charge is 0.292 e. The van der Waals surface area contributed by atoms with Gasteiger partial charge in [0.25, 0.3) is 0 Å². The maximum Gasteiger partial charge on any atom is 0.145 e. The van der Waals surface area contributed by atoms with Crippen LogP contribution >= 0.6 is 0 Å². The van der Waals surface area contributed by atoms with Crippen LogP contribution < -0.4 is 0 Å². The van der Waals surface area contributed by atoms with Crippen LogP contribution in [-0.4, -0.2) is 19.1 Å². The first kappa shape index (κ1) is 34.0. The monoisotopic (exact) mass is 764 g/mol. The molecule has 2 heterocycles. The molecule has 0 fully saturated rings. The zero-order valence-corrected chi connectivity index (χ0v) is 32.6. The predicted molar refractivity (Wildman–Crippen MR) is 250 cm³/mol. The van der Waals surface area contributed by atoms with Gasteiger partial charge in [-0.25, -0.2) is 9.97 Å². The molecule has 0 aliphatic heterocycles. The maximum atomic E-state index is 5.09. The van der Waals surface area contributed by atoms with E-state index in [2.05, 4.69) is 215 Å². The fraction of sp³-hybridized carbons (Fsp3) is 0. The summed E-state index contributed by atoms with van der Waals surface area (Å²) < 4.78 is 4.51. The zero-order chi connectivity index (χ0) is 39.6. The Balaban J connectivity index is 0.928. The van der Waals surface area contributed by atoms with Gasteiger partial charge < -0.3 is 0 Å². The van der Waals surface area contributed by atoms with Crippen molar-refractivity contribution in [3.8, 4) is 56.4 Å². The molecule has 0 N–H and O–H groups in total. The molecule has 12 aromatic rings. The fourth-order valence-electron chi connectivity index (χ4n) is 8.97. The van der Waals surface area contributed by atoms with Gasteiger partial charge in [0.05, 0.1) is 22.1 Å². The average molecular weight is 765 g/mol. The van der Waals surface area contributed by atoms with Crippen LogP contribution in [0.25, 0.3) is 111 Å². The molecule has 4 nitrogen and oxygen atoms in total. The molecule has 0 spiro atoms. The molecular formula is C56H36N4. The summed E-state index contributed by atoms with van der Waals surface area (Å²) in [5.41, 5.74) is 13.2. The van der Waals surface area contributed by atoms with Gasteiger partial charge in [-0.2, -0.15) is 0 Å². The Morgan fingerprint density at radius 2 is 0.633 bits per heavy atom. The summed E-state index contributed by atoms with van der Waals surface area (Å²) in [4.78, 5) is 10.2. The molecule has 0 aliphatic rings. The second kappa shape index (κ2) is 13.8. The molecule has 0 bridgehead atoms. The molecule has 0 atom stereocenters. The number of hydrogen-bond acceptors (Lipinski definition) is 2. The van der Waals surface area contributed by atoms with Crippen LogP contribution in [0.5, 0.6) is 0 Å². The number of aromatic nitrogens is 4. The highest BCUT2D eigenvalue weighted by atomic mass is 15.1. The Labute approximate surface area is 346 Å². The lowest BCUT2D eigenvalue weighted by atomic mass is 9.92. The molecule has 10 aromatic carbocycles. The molecule has 0 unspecified atom stereocenters. The van der Waals surface area contributed by atoms with Crippen molar-refractivity contribution in [1.29, 1.82) is 0 Å². The van der Waals surface area contributed by atoms with Crippen LogP contribution in [0.2, 0.25) is 0 Å². The number of para-hydroxylation sites is 6. The van der Waals surface area contributed by atoms with E-state index < -0.39 is 0 Å². The van der Waals surface area contributed by atoms with E-state index in [0.717, 1.165) is 56.2 Å². The molecule has 4 heteroatoms. The molecule has 12 rings (SSSR count). The Hall–Kier alpha value is -8.08. The molecule has 0 amide bonds. The third kappa shape index (κ3) is 5.61. The Kier molecular flexibility index (Phi) is 7.82. The first-order valence-electron chi connectivity index (χ1n) is 20.4. The highest BCUT2D eigenvalue weighted by Crippen LogP contribution is 2.38. The number of hydrogen-bond donors (Lipinski definition) is 0. The summed E-state index contributed by atoms with van der Waals surface area (Å²) in [5.74, 6) is 1.87. The van der Waals surface area contributed by atoms with Crippen molar-refractivity contribution >= 4 is 54.4 Å². The lowest BCUT2D eigenvalue weighted by Crippen LogP contribution is -1.97. The van der Waals surface area contributed by atoms with E-state index in [4.69, 9.17) is 9.97 Å². The van der Waals surface area contributed by atoms with Crippen molar-refractivity contribution in [1.82, 2.24) is 19.1 Å². The van der Waals surface area contributed by atoms with E-state index in [1.54, 1.807) is 0 Å². The first-order valence-corrected chi connectivity index (χ1v) is 20.4. The number of imidazole rings is 2. The van der Waals surface area contributed by atoms with E-state index in [1.807, 2.05) is 12.1 Å². The highest BCUT2D eigenvalue weighted by Gasteiger charge is 2.17. The quantitative estimate of drug-likeness (QED) is 0.158. The topological polar surface area (TPSA) is 35.6 Å². The van der Waals surface area contributed by atoms with Crippen LogP contribution in [0.15, 0.2) is 218 Å². The average Bonchev–Trinajstić information content (AvgIpc) is 3.91. The van der Waals surface area contributed by atoms with Crippen LogP contribution in [0.4, 0.5) is 0 Å².